The molecule has 0 heterocycles. The van der Waals surface area contributed by atoms with Gasteiger partial charge in [-0.05, 0) is 61.7 Å². The second kappa shape index (κ2) is 9.80. The van der Waals surface area contributed by atoms with Gasteiger partial charge in [-0.15, -0.1) is 0 Å². The van der Waals surface area contributed by atoms with E-state index < -0.39 is 6.04 Å². The Bertz CT molecular complexity index is 850. The molecule has 0 unspecified atom stereocenters. The number of benzene rings is 2. The molecule has 0 bridgehead atoms. The number of aryl methyl sites for hydroxylation is 2. The van der Waals surface area contributed by atoms with Gasteiger partial charge in [-0.3, -0.25) is 9.59 Å². The highest BCUT2D eigenvalue weighted by Crippen LogP contribution is 2.24. The number of ether oxygens (including phenoxy) is 1. The van der Waals surface area contributed by atoms with Gasteiger partial charge in [0.1, 0.15) is 11.8 Å². The number of hydrogen-bond acceptors (Lipinski definition) is 3. The van der Waals surface area contributed by atoms with E-state index in [0.29, 0.717) is 15.8 Å². The standard InChI is InChI=1S/C21H24Cl2N2O3/c1-13-7-14(2)9-17(8-13)28-12-20(26)25(15(3)21(27)24-4)11-16-5-6-18(22)19(23)10-16/h5-10,15H,11-12H2,1-4H3,(H,24,27)/t15-/m0/s1. The van der Waals surface area contributed by atoms with Crippen LogP contribution in [0.2, 0.25) is 10.0 Å². The molecule has 0 aliphatic heterocycles. The Morgan fingerprint density at radius 3 is 2.29 bits per heavy atom. The van der Waals surface area contributed by atoms with Gasteiger partial charge in [0.05, 0.1) is 10.0 Å². The Hall–Kier alpha value is -2.24. The van der Waals surface area contributed by atoms with Crippen molar-refractivity contribution in [2.24, 2.45) is 0 Å². The second-order valence-corrected chi connectivity index (χ2v) is 7.49. The molecule has 2 rings (SSSR count). The molecule has 7 heteroatoms. The summed E-state index contributed by atoms with van der Waals surface area (Å²) in [4.78, 5) is 26.5. The average Bonchev–Trinajstić information content (AvgIpc) is 2.65. The average molecular weight is 423 g/mol. The van der Waals surface area contributed by atoms with Gasteiger partial charge in [0.15, 0.2) is 6.61 Å². The first kappa shape index (κ1) is 22.1. The van der Waals surface area contributed by atoms with Crippen molar-refractivity contribution in [3.05, 3.63) is 63.1 Å². The number of carbonyl (C=O) groups is 2. The summed E-state index contributed by atoms with van der Waals surface area (Å²) in [7, 11) is 1.53. The molecule has 1 N–H and O–H groups in total. The van der Waals surface area contributed by atoms with Crippen molar-refractivity contribution in [2.45, 2.75) is 33.4 Å². The third-order valence-corrected chi connectivity index (χ3v) is 5.05. The minimum absolute atomic E-state index is 0.175. The van der Waals surface area contributed by atoms with Gasteiger partial charge >= 0.3 is 0 Å². The molecule has 0 fully saturated rings. The monoisotopic (exact) mass is 422 g/mol. The molecule has 0 saturated heterocycles. The highest BCUT2D eigenvalue weighted by Gasteiger charge is 2.26. The lowest BCUT2D eigenvalue weighted by Gasteiger charge is -2.28. The third kappa shape index (κ3) is 5.88. The quantitative estimate of drug-likeness (QED) is 0.728. The molecule has 0 saturated carbocycles. The lowest BCUT2D eigenvalue weighted by molar-refractivity contribution is -0.142. The van der Waals surface area contributed by atoms with E-state index in [1.807, 2.05) is 32.0 Å². The minimum atomic E-state index is -0.671. The van der Waals surface area contributed by atoms with Crippen molar-refractivity contribution in [1.29, 1.82) is 0 Å². The molecule has 5 nitrogen and oxygen atoms in total. The van der Waals surface area contributed by atoms with E-state index in [0.717, 1.165) is 16.7 Å². The fourth-order valence-electron chi connectivity index (χ4n) is 2.87. The summed E-state index contributed by atoms with van der Waals surface area (Å²) in [5.41, 5.74) is 2.87. The van der Waals surface area contributed by atoms with Crippen molar-refractivity contribution in [1.82, 2.24) is 10.2 Å². The van der Waals surface area contributed by atoms with Crippen LogP contribution in [0.1, 0.15) is 23.6 Å². The molecule has 0 aromatic heterocycles. The van der Waals surface area contributed by atoms with Crippen molar-refractivity contribution < 1.29 is 14.3 Å². The zero-order valence-electron chi connectivity index (χ0n) is 16.4. The Morgan fingerprint density at radius 2 is 1.71 bits per heavy atom. The molecule has 2 aromatic rings. The van der Waals surface area contributed by atoms with Gasteiger partial charge < -0.3 is 15.0 Å². The molecule has 1 atom stereocenters. The number of nitrogens with one attached hydrogen (secondary N) is 1. The van der Waals surface area contributed by atoms with Gasteiger partial charge in [-0.2, -0.15) is 0 Å². The van der Waals surface area contributed by atoms with Crippen LogP contribution in [0.4, 0.5) is 0 Å². The second-order valence-electron chi connectivity index (χ2n) is 6.67. The number of rotatable bonds is 7. The smallest absolute Gasteiger partial charge is 0.261 e. The zero-order valence-corrected chi connectivity index (χ0v) is 17.9. The first-order chi connectivity index (χ1) is 13.2. The van der Waals surface area contributed by atoms with Gasteiger partial charge in [-0.25, -0.2) is 0 Å². The van der Waals surface area contributed by atoms with Gasteiger partial charge in [0.25, 0.3) is 5.91 Å². The van der Waals surface area contributed by atoms with Crippen molar-refractivity contribution >= 4 is 35.0 Å². The first-order valence-electron chi connectivity index (χ1n) is 8.87. The van der Waals surface area contributed by atoms with Gasteiger partial charge in [0.2, 0.25) is 5.91 Å². The number of carbonyl (C=O) groups excluding carboxylic acids is 2. The maximum Gasteiger partial charge on any atom is 0.261 e. The fourth-order valence-corrected chi connectivity index (χ4v) is 3.19. The molecular weight excluding hydrogens is 399 g/mol. The summed E-state index contributed by atoms with van der Waals surface area (Å²) in [6.45, 7) is 5.63. The van der Waals surface area contributed by atoms with Crippen LogP contribution in [0.3, 0.4) is 0 Å². The van der Waals surface area contributed by atoms with Crippen LogP contribution in [0.5, 0.6) is 5.75 Å². The predicted molar refractivity (Wildman–Crippen MR) is 112 cm³/mol. The van der Waals surface area contributed by atoms with Crippen LogP contribution < -0.4 is 10.1 Å². The summed E-state index contributed by atoms with van der Waals surface area (Å²) < 4.78 is 5.68. The summed E-state index contributed by atoms with van der Waals surface area (Å²) in [6, 6.07) is 10.2. The van der Waals surface area contributed by atoms with E-state index in [9.17, 15) is 9.59 Å². The van der Waals surface area contributed by atoms with Crippen LogP contribution in [0.15, 0.2) is 36.4 Å². The van der Waals surface area contributed by atoms with Crippen molar-refractivity contribution in [3.63, 3.8) is 0 Å². The number of nitrogens with zero attached hydrogens (tertiary/aromatic N) is 1. The van der Waals surface area contributed by atoms with E-state index in [1.165, 1.54) is 11.9 Å². The van der Waals surface area contributed by atoms with Crippen molar-refractivity contribution in [2.75, 3.05) is 13.7 Å². The van der Waals surface area contributed by atoms with Crippen LogP contribution in [0, 0.1) is 13.8 Å². The van der Waals surface area contributed by atoms with Crippen molar-refractivity contribution in [3.8, 4) is 5.75 Å². The van der Waals surface area contributed by atoms with E-state index in [4.69, 9.17) is 27.9 Å². The highest BCUT2D eigenvalue weighted by molar-refractivity contribution is 6.42. The van der Waals surface area contributed by atoms with Crippen LogP contribution in [0.25, 0.3) is 0 Å². The first-order valence-corrected chi connectivity index (χ1v) is 9.63. The molecule has 0 radical (unpaired) electrons. The Balaban J connectivity index is 2.18. The maximum absolute atomic E-state index is 12.9. The summed E-state index contributed by atoms with van der Waals surface area (Å²) in [5, 5.41) is 3.40. The molecule has 2 amide bonds. The molecule has 150 valence electrons. The molecule has 0 aliphatic rings. The predicted octanol–water partition coefficient (Wildman–Crippen LogP) is 4.15. The van der Waals surface area contributed by atoms with Gasteiger partial charge in [-0.1, -0.05) is 35.3 Å². The van der Waals surface area contributed by atoms with E-state index >= 15 is 0 Å². The lowest BCUT2D eigenvalue weighted by atomic mass is 10.1. The van der Waals surface area contributed by atoms with E-state index in [-0.39, 0.29) is 25.0 Å². The normalized spacial score (nSPS) is 11.6. The molecular formula is C21H24Cl2N2O3. The lowest BCUT2D eigenvalue weighted by Crippen LogP contribution is -2.48. The number of halogens is 2. The summed E-state index contributed by atoms with van der Waals surface area (Å²) >= 11 is 12.0. The van der Waals surface area contributed by atoms with E-state index in [1.54, 1.807) is 25.1 Å². The van der Waals surface area contributed by atoms with Crippen LogP contribution in [-0.4, -0.2) is 36.4 Å². The van der Waals surface area contributed by atoms with Crippen LogP contribution in [-0.2, 0) is 16.1 Å². The maximum atomic E-state index is 12.9. The summed E-state index contributed by atoms with van der Waals surface area (Å²) in [5.74, 6) is 0.0501. The topological polar surface area (TPSA) is 58.6 Å². The molecule has 0 aliphatic carbocycles. The molecule has 28 heavy (non-hydrogen) atoms. The number of amides is 2. The minimum Gasteiger partial charge on any atom is -0.484 e. The Kier molecular flexibility index (Phi) is 7.72. The summed E-state index contributed by atoms with van der Waals surface area (Å²) in [6.07, 6.45) is 0. The number of hydrogen-bond donors (Lipinski definition) is 1. The Morgan fingerprint density at radius 1 is 1.07 bits per heavy atom. The van der Waals surface area contributed by atoms with E-state index in [2.05, 4.69) is 5.32 Å². The van der Waals surface area contributed by atoms with Gasteiger partial charge in [0, 0.05) is 13.6 Å². The van der Waals surface area contributed by atoms with Crippen LogP contribution >= 0.6 is 23.2 Å². The molecule has 0 spiro atoms. The zero-order chi connectivity index (χ0) is 20.8. The SMILES string of the molecule is CNC(=O)[C@H](C)N(Cc1ccc(Cl)c(Cl)c1)C(=O)COc1cc(C)cc(C)c1. The number of likely N-dealkylation sites (N-methyl/N-ethyl adjacent to an activating group) is 1. The fraction of sp³-hybridized carbons (Fsp3) is 0.333. The molecule has 2 aromatic carbocycles. The Labute approximate surface area is 175 Å². The third-order valence-electron chi connectivity index (χ3n) is 4.31. The largest absolute Gasteiger partial charge is 0.484 e. The highest BCUT2D eigenvalue weighted by atomic mass is 35.5.